The Morgan fingerprint density at radius 2 is 2.17 bits per heavy atom. The Bertz CT molecular complexity index is 1170. The molecule has 3 heterocycles. The first-order chi connectivity index (χ1) is 14.1. The quantitative estimate of drug-likeness (QED) is 0.502. The molecule has 1 aliphatic heterocycles. The van der Waals surface area contributed by atoms with Crippen LogP contribution in [-0.4, -0.2) is 39.0 Å². The summed E-state index contributed by atoms with van der Waals surface area (Å²) in [6.45, 7) is 1.36. The van der Waals surface area contributed by atoms with Crippen LogP contribution in [0.15, 0.2) is 48.7 Å². The van der Waals surface area contributed by atoms with Gasteiger partial charge in [0, 0.05) is 35.1 Å². The fourth-order valence-electron chi connectivity index (χ4n) is 4.34. The number of aromatic amines is 1. The lowest BCUT2D eigenvalue weighted by molar-refractivity contribution is -0.144. The molecule has 0 radical (unpaired) electrons. The maximum Gasteiger partial charge on any atom is 0.325 e. The molecule has 2 aromatic carbocycles. The standard InChI is InChI=1S/C22H20FN3O2S/c23-14-7-8-15-16(11-24-18(15)10-14)20(22(27)28)26-9-3-4-13(12-26)21-25-17-5-1-2-6-19(17)29-21/h1-2,5-8,10-11,13,20,24H,3-4,9,12H2,(H,27,28). The first-order valence-electron chi connectivity index (χ1n) is 9.69. The predicted octanol–water partition coefficient (Wildman–Crippen LogP) is 4.92. The van der Waals surface area contributed by atoms with Gasteiger partial charge in [0.25, 0.3) is 0 Å². The van der Waals surface area contributed by atoms with Crippen molar-refractivity contribution in [3.8, 4) is 0 Å². The number of H-pyrrole nitrogens is 1. The predicted molar refractivity (Wildman–Crippen MR) is 112 cm³/mol. The summed E-state index contributed by atoms with van der Waals surface area (Å²) >= 11 is 1.69. The normalized spacial score (nSPS) is 19.0. The summed E-state index contributed by atoms with van der Waals surface area (Å²) < 4.78 is 14.7. The average molecular weight is 409 g/mol. The number of halogens is 1. The second kappa shape index (κ2) is 7.24. The average Bonchev–Trinajstić information content (AvgIpc) is 3.32. The lowest BCUT2D eigenvalue weighted by atomic mass is 9.95. The van der Waals surface area contributed by atoms with Gasteiger partial charge in [0.2, 0.25) is 0 Å². The van der Waals surface area contributed by atoms with Crippen molar-refractivity contribution in [1.29, 1.82) is 0 Å². The van der Waals surface area contributed by atoms with Crippen LogP contribution in [0.1, 0.15) is 35.4 Å². The molecule has 2 aromatic heterocycles. The molecule has 29 heavy (non-hydrogen) atoms. The zero-order valence-corrected chi connectivity index (χ0v) is 16.5. The number of rotatable bonds is 4. The highest BCUT2D eigenvalue weighted by molar-refractivity contribution is 7.18. The van der Waals surface area contributed by atoms with E-state index in [1.165, 1.54) is 12.1 Å². The molecule has 2 unspecified atom stereocenters. The summed E-state index contributed by atoms with van der Waals surface area (Å²) in [7, 11) is 0. The molecule has 5 nitrogen and oxygen atoms in total. The van der Waals surface area contributed by atoms with Crippen molar-refractivity contribution in [3.63, 3.8) is 0 Å². The largest absolute Gasteiger partial charge is 0.480 e. The van der Waals surface area contributed by atoms with Crippen molar-refractivity contribution in [2.45, 2.75) is 24.8 Å². The number of para-hydroxylation sites is 1. The van der Waals surface area contributed by atoms with Crippen LogP contribution >= 0.6 is 11.3 Å². The summed E-state index contributed by atoms with van der Waals surface area (Å²) in [6, 6.07) is 11.7. The van der Waals surface area contributed by atoms with Gasteiger partial charge in [0.15, 0.2) is 0 Å². The van der Waals surface area contributed by atoms with Crippen molar-refractivity contribution < 1.29 is 14.3 Å². The van der Waals surface area contributed by atoms with Crippen molar-refractivity contribution in [3.05, 3.63) is 65.0 Å². The summed E-state index contributed by atoms with van der Waals surface area (Å²) in [5.74, 6) is -1.02. The van der Waals surface area contributed by atoms with E-state index in [1.807, 2.05) is 23.1 Å². The second-order valence-corrected chi connectivity index (χ2v) is 8.59. The molecule has 2 atom stereocenters. The summed E-state index contributed by atoms with van der Waals surface area (Å²) in [5.41, 5.74) is 2.29. The van der Waals surface area contributed by atoms with Gasteiger partial charge >= 0.3 is 5.97 Å². The number of carboxylic acids is 1. The van der Waals surface area contributed by atoms with E-state index in [2.05, 4.69) is 11.1 Å². The van der Waals surface area contributed by atoms with E-state index in [9.17, 15) is 14.3 Å². The maximum atomic E-state index is 13.5. The van der Waals surface area contributed by atoms with E-state index >= 15 is 0 Å². The molecule has 0 saturated carbocycles. The number of fused-ring (bicyclic) bond motifs is 2. The highest BCUT2D eigenvalue weighted by Crippen LogP contribution is 2.37. The molecule has 4 aromatic rings. The topological polar surface area (TPSA) is 69.2 Å². The van der Waals surface area contributed by atoms with Crippen molar-refractivity contribution in [1.82, 2.24) is 14.9 Å². The van der Waals surface area contributed by atoms with E-state index in [0.29, 0.717) is 24.2 Å². The third-order valence-electron chi connectivity index (χ3n) is 5.68. The minimum absolute atomic E-state index is 0.214. The first kappa shape index (κ1) is 18.3. The van der Waals surface area contributed by atoms with Gasteiger partial charge in [0.1, 0.15) is 11.9 Å². The molecule has 1 aliphatic rings. The number of aromatic nitrogens is 2. The molecule has 1 fully saturated rings. The number of aliphatic carboxylic acids is 1. The Morgan fingerprint density at radius 3 is 3.00 bits per heavy atom. The molecule has 0 bridgehead atoms. The maximum absolute atomic E-state index is 13.5. The van der Waals surface area contributed by atoms with Gasteiger partial charge in [0.05, 0.1) is 15.2 Å². The SMILES string of the molecule is O=C(O)C(c1c[nH]c2cc(F)ccc12)N1CCCC(c2nc3ccccc3s2)C1. The van der Waals surface area contributed by atoms with Gasteiger partial charge in [-0.05, 0) is 49.7 Å². The number of carbonyl (C=O) groups is 1. The fourth-order valence-corrected chi connectivity index (χ4v) is 5.43. The number of piperidine rings is 1. The molecule has 7 heteroatoms. The van der Waals surface area contributed by atoms with Crippen LogP contribution in [0.2, 0.25) is 0 Å². The number of benzene rings is 2. The van der Waals surface area contributed by atoms with Gasteiger partial charge in [-0.1, -0.05) is 12.1 Å². The van der Waals surface area contributed by atoms with Crippen LogP contribution in [0.5, 0.6) is 0 Å². The summed E-state index contributed by atoms with van der Waals surface area (Å²) in [4.78, 5) is 22.1. The zero-order chi connectivity index (χ0) is 20.0. The Morgan fingerprint density at radius 1 is 1.31 bits per heavy atom. The van der Waals surface area contributed by atoms with Gasteiger partial charge in [-0.25, -0.2) is 9.37 Å². The lowest BCUT2D eigenvalue weighted by Gasteiger charge is -2.35. The monoisotopic (exact) mass is 409 g/mol. The molecule has 0 spiro atoms. The Kier molecular flexibility index (Phi) is 4.56. The van der Waals surface area contributed by atoms with Crippen molar-refractivity contribution >= 4 is 38.4 Å². The third kappa shape index (κ3) is 3.30. The van der Waals surface area contributed by atoms with Crippen molar-refractivity contribution in [2.75, 3.05) is 13.1 Å². The lowest BCUT2D eigenvalue weighted by Crippen LogP contribution is -2.40. The number of thiazole rings is 1. The summed E-state index contributed by atoms with van der Waals surface area (Å²) in [6.07, 6.45) is 3.62. The van der Waals surface area contributed by atoms with Crippen LogP contribution in [-0.2, 0) is 4.79 Å². The minimum atomic E-state index is -0.889. The van der Waals surface area contributed by atoms with Crippen LogP contribution in [0.4, 0.5) is 4.39 Å². The molecule has 148 valence electrons. The number of nitrogens with zero attached hydrogens (tertiary/aromatic N) is 2. The number of likely N-dealkylation sites (tertiary alicyclic amines) is 1. The molecule has 2 N–H and O–H groups in total. The van der Waals surface area contributed by atoms with Crippen LogP contribution < -0.4 is 0 Å². The van der Waals surface area contributed by atoms with E-state index in [-0.39, 0.29) is 11.7 Å². The fraction of sp³-hybridized carbons (Fsp3) is 0.273. The first-order valence-corrected chi connectivity index (χ1v) is 10.5. The van der Waals surface area contributed by atoms with Gasteiger partial charge in [-0.3, -0.25) is 9.69 Å². The van der Waals surface area contributed by atoms with E-state index in [0.717, 1.165) is 33.5 Å². The highest BCUT2D eigenvalue weighted by atomic mass is 32.1. The summed E-state index contributed by atoms with van der Waals surface area (Å²) in [5, 5.41) is 11.9. The Balaban J connectivity index is 1.47. The van der Waals surface area contributed by atoms with E-state index in [1.54, 1.807) is 23.6 Å². The Hall–Kier alpha value is -2.77. The van der Waals surface area contributed by atoms with E-state index in [4.69, 9.17) is 4.98 Å². The van der Waals surface area contributed by atoms with Crippen LogP contribution in [0.25, 0.3) is 21.1 Å². The smallest absolute Gasteiger partial charge is 0.325 e. The van der Waals surface area contributed by atoms with Gasteiger partial charge in [-0.2, -0.15) is 0 Å². The molecule has 0 amide bonds. The Labute approximate surface area is 170 Å². The molecule has 0 aliphatic carbocycles. The number of hydrogen-bond donors (Lipinski definition) is 2. The number of carboxylic acid groups (broad SMARTS) is 1. The molecule has 1 saturated heterocycles. The third-order valence-corrected chi connectivity index (χ3v) is 6.88. The molecular formula is C22H20FN3O2S. The van der Waals surface area contributed by atoms with Crippen LogP contribution in [0.3, 0.4) is 0 Å². The minimum Gasteiger partial charge on any atom is -0.480 e. The van der Waals surface area contributed by atoms with E-state index < -0.39 is 12.0 Å². The van der Waals surface area contributed by atoms with Gasteiger partial charge < -0.3 is 10.1 Å². The number of nitrogens with one attached hydrogen (secondary N) is 1. The number of hydrogen-bond acceptors (Lipinski definition) is 4. The molecular weight excluding hydrogens is 389 g/mol. The highest BCUT2D eigenvalue weighted by Gasteiger charge is 2.34. The van der Waals surface area contributed by atoms with Crippen LogP contribution in [0, 0.1) is 5.82 Å². The van der Waals surface area contributed by atoms with Gasteiger partial charge in [-0.15, -0.1) is 11.3 Å². The second-order valence-electron chi connectivity index (χ2n) is 7.53. The van der Waals surface area contributed by atoms with Crippen molar-refractivity contribution in [2.24, 2.45) is 0 Å². The zero-order valence-electron chi connectivity index (χ0n) is 15.6. The molecule has 5 rings (SSSR count).